The van der Waals surface area contributed by atoms with Gasteiger partial charge in [-0.25, -0.2) is 5.14 Å². The molecule has 0 aliphatic rings. The Morgan fingerprint density at radius 3 is 2.14 bits per heavy atom. The molecule has 0 unspecified atom stereocenters. The van der Waals surface area contributed by atoms with Gasteiger partial charge in [-0.15, -0.1) is 0 Å². The van der Waals surface area contributed by atoms with Crippen molar-refractivity contribution in [2.45, 2.75) is 18.8 Å². The van der Waals surface area contributed by atoms with E-state index in [0.29, 0.717) is 4.31 Å². The van der Waals surface area contributed by atoms with E-state index in [9.17, 15) is 26.4 Å². The molecule has 1 atom stereocenters. The minimum Gasteiger partial charge on any atom is -0.480 e. The van der Waals surface area contributed by atoms with Crippen molar-refractivity contribution in [1.29, 1.82) is 0 Å². The number of nitrogens with two attached hydrogens (primary N) is 2. The predicted octanol–water partition coefficient (Wildman–Crippen LogP) is 0.123. The van der Waals surface area contributed by atoms with Crippen LogP contribution in [0.25, 0.3) is 0 Å². The van der Waals surface area contributed by atoms with Crippen molar-refractivity contribution in [3.8, 4) is 0 Å². The lowest BCUT2D eigenvalue weighted by molar-refractivity contribution is -0.139. The van der Waals surface area contributed by atoms with E-state index in [0.717, 1.165) is 24.3 Å². The van der Waals surface area contributed by atoms with Crippen molar-refractivity contribution in [1.82, 2.24) is 4.31 Å². The standard InChI is InChI=1S/C11H14F3N3O4S/c12-11(13,14)8-3-1-7(2-4-8)5-17(22(16,20)21)6-9(15)10(18)19/h1-4,9H,5-6,15H2,(H,18,19)(H2,16,20,21)/t9-/m0/s1. The first-order chi connectivity index (χ1) is 9.91. The molecule has 5 N–H and O–H groups in total. The average Bonchev–Trinajstić information content (AvgIpc) is 2.36. The fourth-order valence-corrected chi connectivity index (χ4v) is 2.26. The first kappa shape index (κ1) is 18.4. The van der Waals surface area contributed by atoms with Crippen LogP contribution < -0.4 is 10.9 Å². The Bertz CT molecular complexity index is 631. The molecule has 0 fully saturated rings. The van der Waals surface area contributed by atoms with Gasteiger partial charge in [0.2, 0.25) is 0 Å². The number of carboxylic acid groups (broad SMARTS) is 1. The summed E-state index contributed by atoms with van der Waals surface area (Å²) in [5.41, 5.74) is 4.56. The number of hydrogen-bond acceptors (Lipinski definition) is 4. The molecule has 0 bridgehead atoms. The molecule has 0 aromatic heterocycles. The number of nitrogens with zero attached hydrogens (tertiary/aromatic N) is 1. The van der Waals surface area contributed by atoms with Gasteiger partial charge in [-0.05, 0) is 17.7 Å². The van der Waals surface area contributed by atoms with E-state index in [2.05, 4.69) is 0 Å². The highest BCUT2D eigenvalue weighted by Crippen LogP contribution is 2.29. The van der Waals surface area contributed by atoms with E-state index in [1.54, 1.807) is 0 Å². The fourth-order valence-electron chi connectivity index (χ4n) is 1.56. The zero-order valence-corrected chi connectivity index (χ0v) is 11.9. The number of carbonyl (C=O) groups is 1. The van der Waals surface area contributed by atoms with Gasteiger partial charge < -0.3 is 10.8 Å². The zero-order valence-electron chi connectivity index (χ0n) is 11.1. The average molecular weight is 341 g/mol. The number of rotatable bonds is 6. The molecule has 1 aromatic rings. The largest absolute Gasteiger partial charge is 0.480 e. The molecule has 0 saturated heterocycles. The van der Waals surface area contributed by atoms with E-state index >= 15 is 0 Å². The van der Waals surface area contributed by atoms with Crippen LogP contribution in [0.2, 0.25) is 0 Å². The lowest BCUT2D eigenvalue weighted by Gasteiger charge is -2.21. The Morgan fingerprint density at radius 2 is 1.77 bits per heavy atom. The maximum Gasteiger partial charge on any atom is 0.416 e. The molecule has 0 saturated carbocycles. The van der Waals surface area contributed by atoms with E-state index in [1.807, 2.05) is 0 Å². The summed E-state index contributed by atoms with van der Waals surface area (Å²) in [6, 6.07) is 2.22. The first-order valence-corrected chi connectivity index (χ1v) is 7.34. The van der Waals surface area contributed by atoms with Crippen LogP contribution >= 0.6 is 0 Å². The molecule has 124 valence electrons. The van der Waals surface area contributed by atoms with Crippen molar-refractivity contribution < 1.29 is 31.5 Å². The molecular formula is C11H14F3N3O4S. The normalized spacial score (nSPS) is 14.1. The fraction of sp³-hybridized carbons (Fsp3) is 0.364. The van der Waals surface area contributed by atoms with Crippen LogP contribution in [0.3, 0.4) is 0 Å². The summed E-state index contributed by atoms with van der Waals surface area (Å²) in [4.78, 5) is 10.7. The Kier molecular flexibility index (Phi) is 5.51. The topological polar surface area (TPSA) is 127 Å². The molecule has 1 rings (SSSR count). The van der Waals surface area contributed by atoms with Crippen LogP contribution in [-0.2, 0) is 27.7 Å². The van der Waals surface area contributed by atoms with Gasteiger partial charge in [0.15, 0.2) is 0 Å². The van der Waals surface area contributed by atoms with Crippen LogP contribution in [0, 0.1) is 0 Å². The molecule has 1 aromatic carbocycles. The van der Waals surface area contributed by atoms with Gasteiger partial charge in [0.25, 0.3) is 10.2 Å². The summed E-state index contributed by atoms with van der Waals surface area (Å²) in [6.07, 6.45) is -4.51. The highest BCUT2D eigenvalue weighted by Gasteiger charge is 2.30. The summed E-state index contributed by atoms with van der Waals surface area (Å²) in [5, 5.41) is 13.6. The molecular weight excluding hydrogens is 327 g/mol. The molecule has 0 amide bonds. The third-order valence-electron chi connectivity index (χ3n) is 2.72. The third kappa shape index (κ3) is 5.26. The van der Waals surface area contributed by atoms with Crippen LogP contribution in [0.4, 0.5) is 13.2 Å². The molecule has 11 heteroatoms. The summed E-state index contributed by atoms with van der Waals surface area (Å²) in [5.74, 6) is -1.43. The van der Waals surface area contributed by atoms with Crippen LogP contribution in [0.5, 0.6) is 0 Å². The maximum atomic E-state index is 12.4. The van der Waals surface area contributed by atoms with Gasteiger partial charge in [0, 0.05) is 13.1 Å². The lowest BCUT2D eigenvalue weighted by atomic mass is 10.1. The predicted molar refractivity (Wildman–Crippen MR) is 70.6 cm³/mol. The molecule has 0 aliphatic carbocycles. The van der Waals surface area contributed by atoms with Gasteiger partial charge in [0.05, 0.1) is 5.56 Å². The van der Waals surface area contributed by atoms with Gasteiger partial charge in [-0.2, -0.15) is 25.9 Å². The highest BCUT2D eigenvalue weighted by atomic mass is 32.2. The monoisotopic (exact) mass is 341 g/mol. The zero-order chi connectivity index (χ0) is 17.1. The van der Waals surface area contributed by atoms with E-state index < -0.39 is 47.0 Å². The number of hydrogen-bond donors (Lipinski definition) is 3. The number of carboxylic acids is 1. The van der Waals surface area contributed by atoms with E-state index in [4.69, 9.17) is 16.0 Å². The maximum absolute atomic E-state index is 12.4. The quantitative estimate of drug-likeness (QED) is 0.677. The van der Waals surface area contributed by atoms with Gasteiger partial charge in [-0.1, -0.05) is 12.1 Å². The van der Waals surface area contributed by atoms with Gasteiger partial charge >= 0.3 is 12.1 Å². The minimum atomic E-state index is -4.51. The highest BCUT2D eigenvalue weighted by molar-refractivity contribution is 7.86. The SMILES string of the molecule is N[C@@H](CN(Cc1ccc(C(F)(F)F)cc1)S(N)(=O)=O)C(=O)O. The molecule has 0 spiro atoms. The number of benzene rings is 1. The van der Waals surface area contributed by atoms with E-state index in [-0.39, 0.29) is 5.56 Å². The van der Waals surface area contributed by atoms with Crippen LogP contribution in [-0.4, -0.2) is 36.4 Å². The van der Waals surface area contributed by atoms with Gasteiger partial charge in [0.1, 0.15) is 6.04 Å². The van der Waals surface area contributed by atoms with Crippen molar-refractivity contribution in [3.63, 3.8) is 0 Å². The lowest BCUT2D eigenvalue weighted by Crippen LogP contribution is -2.47. The first-order valence-electron chi connectivity index (χ1n) is 5.83. The number of aliphatic carboxylic acids is 1. The minimum absolute atomic E-state index is 0.208. The Morgan fingerprint density at radius 1 is 1.27 bits per heavy atom. The summed E-state index contributed by atoms with van der Waals surface area (Å²) >= 11 is 0. The molecule has 7 nitrogen and oxygen atoms in total. The molecule has 0 heterocycles. The van der Waals surface area contributed by atoms with E-state index in [1.165, 1.54) is 0 Å². The van der Waals surface area contributed by atoms with Crippen molar-refractivity contribution in [2.75, 3.05) is 6.54 Å². The second kappa shape index (κ2) is 6.60. The Labute approximate surface area is 124 Å². The second-order valence-electron chi connectivity index (χ2n) is 4.48. The molecule has 0 aliphatic heterocycles. The van der Waals surface area contributed by atoms with Crippen LogP contribution in [0.1, 0.15) is 11.1 Å². The third-order valence-corrected chi connectivity index (χ3v) is 3.72. The summed E-state index contributed by atoms with van der Waals surface area (Å²) in [6.45, 7) is -0.993. The number of alkyl halides is 3. The van der Waals surface area contributed by atoms with Crippen molar-refractivity contribution in [2.24, 2.45) is 10.9 Å². The molecule has 0 radical (unpaired) electrons. The smallest absolute Gasteiger partial charge is 0.416 e. The number of halogens is 3. The second-order valence-corrected chi connectivity index (χ2v) is 6.02. The van der Waals surface area contributed by atoms with Crippen LogP contribution in [0.15, 0.2) is 24.3 Å². The van der Waals surface area contributed by atoms with Gasteiger partial charge in [-0.3, -0.25) is 4.79 Å². The Hall–Kier alpha value is -1.69. The summed E-state index contributed by atoms with van der Waals surface area (Å²) in [7, 11) is -4.26. The Balaban J connectivity index is 2.93. The van der Waals surface area contributed by atoms with Crippen molar-refractivity contribution in [3.05, 3.63) is 35.4 Å². The van der Waals surface area contributed by atoms with Crippen molar-refractivity contribution >= 4 is 16.2 Å². The molecule has 22 heavy (non-hydrogen) atoms. The summed E-state index contributed by atoms with van der Waals surface area (Å²) < 4.78 is 60.6.